The van der Waals surface area contributed by atoms with E-state index in [9.17, 15) is 5.11 Å². The van der Waals surface area contributed by atoms with Crippen LogP contribution in [0.15, 0.2) is 0 Å². The molecule has 0 amide bonds. The second-order valence-electron chi connectivity index (χ2n) is 6.08. The van der Waals surface area contributed by atoms with Gasteiger partial charge in [0.2, 0.25) is 0 Å². The highest BCUT2D eigenvalue weighted by molar-refractivity contribution is 4.87. The summed E-state index contributed by atoms with van der Waals surface area (Å²) in [7, 11) is 0. The molecule has 0 saturated heterocycles. The average Bonchev–Trinajstić information content (AvgIpc) is 2.68. The van der Waals surface area contributed by atoms with E-state index in [-0.39, 0.29) is 5.60 Å². The highest BCUT2D eigenvalue weighted by Gasteiger charge is 2.31. The zero-order valence-corrected chi connectivity index (χ0v) is 10.7. The molecule has 0 radical (unpaired) electrons. The van der Waals surface area contributed by atoms with Crippen molar-refractivity contribution in [1.82, 2.24) is 5.32 Å². The first-order valence-electron chi connectivity index (χ1n) is 7.13. The zero-order valence-electron chi connectivity index (χ0n) is 10.7. The summed E-state index contributed by atoms with van der Waals surface area (Å²) in [4.78, 5) is 0. The molecule has 2 aliphatic carbocycles. The van der Waals surface area contributed by atoms with E-state index in [0.29, 0.717) is 0 Å². The Morgan fingerprint density at radius 2 is 1.81 bits per heavy atom. The van der Waals surface area contributed by atoms with Gasteiger partial charge < -0.3 is 10.4 Å². The van der Waals surface area contributed by atoms with Gasteiger partial charge in [-0.05, 0) is 37.6 Å². The van der Waals surface area contributed by atoms with Crippen LogP contribution >= 0.6 is 0 Å². The molecule has 2 heteroatoms. The predicted molar refractivity (Wildman–Crippen MR) is 67.4 cm³/mol. The lowest BCUT2D eigenvalue weighted by Crippen LogP contribution is -2.41. The van der Waals surface area contributed by atoms with Gasteiger partial charge in [-0.3, -0.25) is 0 Å². The summed E-state index contributed by atoms with van der Waals surface area (Å²) < 4.78 is 0. The molecule has 2 rings (SSSR count). The quantitative estimate of drug-likeness (QED) is 0.771. The van der Waals surface area contributed by atoms with Crippen molar-refractivity contribution < 1.29 is 5.11 Å². The fraction of sp³-hybridized carbons (Fsp3) is 1.00. The van der Waals surface area contributed by atoms with Gasteiger partial charge in [0.1, 0.15) is 0 Å². The molecule has 2 unspecified atom stereocenters. The van der Waals surface area contributed by atoms with Crippen LogP contribution in [0.3, 0.4) is 0 Å². The van der Waals surface area contributed by atoms with Crippen LogP contribution in [0.4, 0.5) is 0 Å². The van der Waals surface area contributed by atoms with Gasteiger partial charge in [-0.15, -0.1) is 0 Å². The van der Waals surface area contributed by atoms with Crippen LogP contribution in [0.5, 0.6) is 0 Å². The maximum atomic E-state index is 10.2. The Balaban J connectivity index is 1.66. The zero-order chi connectivity index (χ0) is 11.4. The third-order valence-corrected chi connectivity index (χ3v) is 4.68. The van der Waals surface area contributed by atoms with Gasteiger partial charge in [0.25, 0.3) is 0 Å². The number of hydrogen-bond donors (Lipinski definition) is 2. The summed E-state index contributed by atoms with van der Waals surface area (Å²) in [5.74, 6) is 1.72. The Morgan fingerprint density at radius 1 is 1.12 bits per heavy atom. The molecule has 0 aromatic rings. The number of hydrogen-bond acceptors (Lipinski definition) is 2. The van der Waals surface area contributed by atoms with Crippen molar-refractivity contribution in [3.63, 3.8) is 0 Å². The Labute approximate surface area is 99.8 Å². The van der Waals surface area contributed by atoms with Gasteiger partial charge in [0, 0.05) is 6.54 Å². The Bertz CT molecular complexity index is 211. The lowest BCUT2D eigenvalue weighted by atomic mass is 9.80. The molecule has 94 valence electrons. The van der Waals surface area contributed by atoms with Crippen LogP contribution in [0.25, 0.3) is 0 Å². The fourth-order valence-corrected chi connectivity index (χ4v) is 3.40. The van der Waals surface area contributed by atoms with Crippen molar-refractivity contribution in [2.24, 2.45) is 11.8 Å². The Hall–Kier alpha value is -0.0800. The summed E-state index contributed by atoms with van der Waals surface area (Å²) in [5.41, 5.74) is -0.377. The highest BCUT2D eigenvalue weighted by Crippen LogP contribution is 2.30. The van der Waals surface area contributed by atoms with Crippen LogP contribution in [0.1, 0.15) is 58.3 Å². The van der Waals surface area contributed by atoms with Crippen LogP contribution in [0.2, 0.25) is 0 Å². The summed E-state index contributed by atoms with van der Waals surface area (Å²) in [6.07, 6.45) is 10.0. The minimum atomic E-state index is -0.377. The minimum absolute atomic E-state index is 0.377. The third-order valence-electron chi connectivity index (χ3n) is 4.68. The standard InChI is InChI=1S/C14H27NO/c1-12-6-2-3-7-13(12)10-15-11-14(16)8-4-5-9-14/h12-13,15-16H,2-11H2,1H3. The number of nitrogens with one attached hydrogen (secondary N) is 1. The van der Waals surface area contributed by atoms with E-state index < -0.39 is 0 Å². The van der Waals surface area contributed by atoms with Gasteiger partial charge in [0.05, 0.1) is 5.60 Å². The van der Waals surface area contributed by atoms with Crippen molar-refractivity contribution in [3.05, 3.63) is 0 Å². The van der Waals surface area contributed by atoms with E-state index in [1.165, 1.54) is 38.5 Å². The number of aliphatic hydroxyl groups is 1. The second-order valence-corrected chi connectivity index (χ2v) is 6.08. The topological polar surface area (TPSA) is 32.3 Å². The molecule has 0 heterocycles. The van der Waals surface area contributed by atoms with Crippen LogP contribution in [-0.4, -0.2) is 23.8 Å². The molecule has 2 nitrogen and oxygen atoms in total. The van der Waals surface area contributed by atoms with Crippen molar-refractivity contribution in [3.8, 4) is 0 Å². The highest BCUT2D eigenvalue weighted by atomic mass is 16.3. The normalized spacial score (nSPS) is 34.1. The lowest BCUT2D eigenvalue weighted by molar-refractivity contribution is 0.0455. The monoisotopic (exact) mass is 225 g/mol. The Morgan fingerprint density at radius 3 is 2.50 bits per heavy atom. The number of rotatable bonds is 4. The minimum Gasteiger partial charge on any atom is -0.389 e. The molecular weight excluding hydrogens is 198 g/mol. The fourth-order valence-electron chi connectivity index (χ4n) is 3.40. The van der Waals surface area contributed by atoms with Gasteiger partial charge in [-0.2, -0.15) is 0 Å². The van der Waals surface area contributed by atoms with E-state index in [1.807, 2.05) is 0 Å². The molecule has 16 heavy (non-hydrogen) atoms. The molecule has 2 aliphatic rings. The van der Waals surface area contributed by atoms with E-state index in [0.717, 1.165) is 37.8 Å². The maximum Gasteiger partial charge on any atom is 0.0771 e. The predicted octanol–water partition coefficient (Wildman–Crippen LogP) is 2.71. The lowest BCUT2D eigenvalue weighted by Gasteiger charge is -2.30. The summed E-state index contributed by atoms with van der Waals surface area (Å²) in [6.45, 7) is 4.31. The van der Waals surface area contributed by atoms with Crippen LogP contribution in [-0.2, 0) is 0 Å². The van der Waals surface area contributed by atoms with Gasteiger partial charge >= 0.3 is 0 Å². The molecular formula is C14H27NO. The van der Waals surface area contributed by atoms with Crippen molar-refractivity contribution in [2.45, 2.75) is 63.9 Å². The van der Waals surface area contributed by atoms with E-state index >= 15 is 0 Å². The first kappa shape index (κ1) is 12.4. The first-order chi connectivity index (χ1) is 7.70. The maximum absolute atomic E-state index is 10.2. The average molecular weight is 225 g/mol. The van der Waals surface area contributed by atoms with Crippen molar-refractivity contribution in [1.29, 1.82) is 0 Å². The third kappa shape index (κ3) is 3.21. The molecule has 2 atom stereocenters. The summed E-state index contributed by atoms with van der Waals surface area (Å²) >= 11 is 0. The van der Waals surface area contributed by atoms with Crippen molar-refractivity contribution >= 4 is 0 Å². The van der Waals surface area contributed by atoms with Gasteiger partial charge in [-0.25, -0.2) is 0 Å². The van der Waals surface area contributed by atoms with Crippen LogP contribution < -0.4 is 5.32 Å². The summed E-state index contributed by atoms with van der Waals surface area (Å²) in [6, 6.07) is 0. The molecule has 2 N–H and O–H groups in total. The molecule has 0 aromatic heterocycles. The molecule has 2 saturated carbocycles. The first-order valence-corrected chi connectivity index (χ1v) is 7.13. The SMILES string of the molecule is CC1CCCCC1CNCC1(O)CCCC1. The summed E-state index contributed by atoms with van der Waals surface area (Å²) in [5, 5.41) is 13.7. The molecule has 0 aromatic carbocycles. The smallest absolute Gasteiger partial charge is 0.0771 e. The molecule has 0 aliphatic heterocycles. The van der Waals surface area contributed by atoms with Gasteiger partial charge in [-0.1, -0.05) is 39.0 Å². The van der Waals surface area contributed by atoms with Crippen LogP contribution in [0, 0.1) is 11.8 Å². The molecule has 0 spiro atoms. The van der Waals surface area contributed by atoms with Gasteiger partial charge in [0.15, 0.2) is 0 Å². The molecule has 0 bridgehead atoms. The second kappa shape index (κ2) is 5.50. The van der Waals surface area contributed by atoms with E-state index in [2.05, 4.69) is 12.2 Å². The largest absolute Gasteiger partial charge is 0.389 e. The van der Waals surface area contributed by atoms with Crippen molar-refractivity contribution in [2.75, 3.05) is 13.1 Å². The van der Waals surface area contributed by atoms with E-state index in [1.54, 1.807) is 0 Å². The Kier molecular flexibility index (Phi) is 4.26. The van der Waals surface area contributed by atoms with E-state index in [4.69, 9.17) is 0 Å². The molecule has 2 fully saturated rings.